The maximum Gasteiger partial charge on any atom is 0.275 e. The number of nitrogens with zero attached hydrogens (tertiary/aromatic N) is 3. The van der Waals surface area contributed by atoms with Crippen LogP contribution in [0.2, 0.25) is 5.02 Å². The second-order valence-corrected chi connectivity index (χ2v) is 4.72. The van der Waals surface area contributed by atoms with Gasteiger partial charge in [-0.25, -0.2) is 0 Å². The van der Waals surface area contributed by atoms with Crippen molar-refractivity contribution in [3.05, 3.63) is 38.9 Å². The van der Waals surface area contributed by atoms with Crippen molar-refractivity contribution < 1.29 is 4.92 Å². The van der Waals surface area contributed by atoms with Crippen LogP contribution in [0.3, 0.4) is 0 Å². The van der Waals surface area contributed by atoms with Crippen LogP contribution in [0.25, 0.3) is 0 Å². The standard InChI is InChI=1S/C12H13ClN4O2/c13-11-2-1-3-12(17(18)19)10(11)8-16-5-4-15-7-9(16)6-14/h1-3,9,15H,4-5,7-8H2. The number of rotatable bonds is 3. The van der Waals surface area contributed by atoms with Crippen LogP contribution in [0.1, 0.15) is 5.56 Å². The highest BCUT2D eigenvalue weighted by Crippen LogP contribution is 2.28. The molecule has 1 aliphatic heterocycles. The average molecular weight is 281 g/mol. The Balaban J connectivity index is 2.27. The molecule has 19 heavy (non-hydrogen) atoms. The van der Waals surface area contributed by atoms with Crippen LogP contribution in [0.4, 0.5) is 5.69 Å². The summed E-state index contributed by atoms with van der Waals surface area (Å²) in [5.74, 6) is 0. The Morgan fingerprint density at radius 3 is 3.11 bits per heavy atom. The molecule has 1 atom stereocenters. The van der Waals surface area contributed by atoms with Gasteiger partial charge in [-0.15, -0.1) is 0 Å². The Kier molecular flexibility index (Phi) is 4.32. The van der Waals surface area contributed by atoms with E-state index in [1.165, 1.54) is 6.07 Å². The first kappa shape index (κ1) is 13.7. The number of nitro benzene ring substituents is 1. The molecule has 1 aliphatic rings. The Morgan fingerprint density at radius 2 is 2.42 bits per heavy atom. The van der Waals surface area contributed by atoms with Gasteiger partial charge < -0.3 is 5.32 Å². The molecule has 1 unspecified atom stereocenters. The van der Waals surface area contributed by atoms with E-state index in [2.05, 4.69) is 11.4 Å². The molecule has 1 aromatic rings. The fourth-order valence-electron chi connectivity index (χ4n) is 2.14. The molecule has 6 nitrogen and oxygen atoms in total. The summed E-state index contributed by atoms with van der Waals surface area (Å²) in [6, 6.07) is 6.53. The Bertz CT molecular complexity index is 529. The van der Waals surface area contributed by atoms with E-state index in [0.29, 0.717) is 30.2 Å². The molecule has 0 bridgehead atoms. The molecule has 7 heteroatoms. The molecule has 1 saturated heterocycles. The minimum Gasteiger partial charge on any atom is -0.313 e. The van der Waals surface area contributed by atoms with Gasteiger partial charge in [-0.05, 0) is 6.07 Å². The van der Waals surface area contributed by atoms with E-state index >= 15 is 0 Å². The first-order valence-corrected chi connectivity index (χ1v) is 6.27. The van der Waals surface area contributed by atoms with E-state index in [-0.39, 0.29) is 11.7 Å². The summed E-state index contributed by atoms with van der Waals surface area (Å²) in [7, 11) is 0. The van der Waals surface area contributed by atoms with E-state index in [1.54, 1.807) is 12.1 Å². The lowest BCUT2D eigenvalue weighted by atomic mass is 10.1. The maximum absolute atomic E-state index is 11.0. The Morgan fingerprint density at radius 1 is 1.63 bits per heavy atom. The number of hydrogen-bond donors (Lipinski definition) is 1. The summed E-state index contributed by atoms with van der Waals surface area (Å²) < 4.78 is 0. The van der Waals surface area contributed by atoms with E-state index in [1.807, 2.05) is 4.90 Å². The van der Waals surface area contributed by atoms with Crippen molar-refractivity contribution >= 4 is 17.3 Å². The number of nitro groups is 1. The zero-order valence-corrected chi connectivity index (χ0v) is 10.9. The second kappa shape index (κ2) is 5.97. The highest BCUT2D eigenvalue weighted by atomic mass is 35.5. The van der Waals surface area contributed by atoms with Gasteiger partial charge >= 0.3 is 0 Å². The van der Waals surface area contributed by atoms with Crippen LogP contribution in [0, 0.1) is 21.4 Å². The molecule has 0 saturated carbocycles. The largest absolute Gasteiger partial charge is 0.313 e. The third kappa shape index (κ3) is 3.01. The Labute approximate surface area is 115 Å². The molecular weight excluding hydrogens is 268 g/mol. The molecule has 100 valence electrons. The zero-order chi connectivity index (χ0) is 13.8. The summed E-state index contributed by atoms with van der Waals surface area (Å²) in [4.78, 5) is 12.5. The minimum absolute atomic E-state index is 0.00252. The van der Waals surface area contributed by atoms with Gasteiger partial charge in [0.05, 0.1) is 21.6 Å². The highest BCUT2D eigenvalue weighted by Gasteiger charge is 2.26. The van der Waals surface area contributed by atoms with E-state index in [0.717, 1.165) is 6.54 Å². The number of halogens is 1. The summed E-state index contributed by atoms with van der Waals surface area (Å²) in [5, 5.41) is 23.6. The average Bonchev–Trinajstić information content (AvgIpc) is 2.41. The van der Waals surface area contributed by atoms with Crippen molar-refractivity contribution in [3.8, 4) is 6.07 Å². The predicted octanol–water partition coefficient (Wildman–Crippen LogP) is 1.55. The maximum atomic E-state index is 11.0. The van der Waals surface area contributed by atoms with Crippen molar-refractivity contribution in [2.45, 2.75) is 12.6 Å². The number of piperazine rings is 1. The van der Waals surface area contributed by atoms with E-state index in [4.69, 9.17) is 16.9 Å². The lowest BCUT2D eigenvalue weighted by Gasteiger charge is -2.31. The molecule has 1 fully saturated rings. The van der Waals surface area contributed by atoms with Gasteiger partial charge in [-0.1, -0.05) is 17.7 Å². The number of benzene rings is 1. The van der Waals surface area contributed by atoms with Gasteiger partial charge in [0.2, 0.25) is 0 Å². The number of nitrogens with one attached hydrogen (secondary N) is 1. The fourth-order valence-corrected chi connectivity index (χ4v) is 2.37. The predicted molar refractivity (Wildman–Crippen MR) is 70.8 cm³/mol. The van der Waals surface area contributed by atoms with Crippen LogP contribution >= 0.6 is 11.6 Å². The topological polar surface area (TPSA) is 82.2 Å². The smallest absolute Gasteiger partial charge is 0.275 e. The lowest BCUT2D eigenvalue weighted by Crippen LogP contribution is -2.50. The van der Waals surface area contributed by atoms with Crippen molar-refractivity contribution in [1.82, 2.24) is 10.2 Å². The molecule has 0 radical (unpaired) electrons. The van der Waals surface area contributed by atoms with E-state index < -0.39 is 4.92 Å². The molecule has 0 amide bonds. The van der Waals surface area contributed by atoms with Crippen molar-refractivity contribution in [3.63, 3.8) is 0 Å². The zero-order valence-electron chi connectivity index (χ0n) is 10.2. The van der Waals surface area contributed by atoms with Crippen LogP contribution in [-0.4, -0.2) is 35.5 Å². The van der Waals surface area contributed by atoms with Crippen molar-refractivity contribution in [2.24, 2.45) is 0 Å². The SMILES string of the molecule is N#CC1CNCCN1Cc1c(Cl)cccc1[N+](=O)[O-]. The quantitative estimate of drug-likeness (QED) is 0.671. The third-order valence-corrected chi connectivity index (χ3v) is 3.51. The van der Waals surface area contributed by atoms with Gasteiger partial charge in [0, 0.05) is 32.2 Å². The fraction of sp³-hybridized carbons (Fsp3) is 0.417. The number of nitriles is 1. The van der Waals surface area contributed by atoms with Crippen LogP contribution in [-0.2, 0) is 6.54 Å². The minimum atomic E-state index is -0.440. The molecule has 2 rings (SSSR count). The van der Waals surface area contributed by atoms with Crippen molar-refractivity contribution in [1.29, 1.82) is 5.26 Å². The normalized spacial score (nSPS) is 19.9. The third-order valence-electron chi connectivity index (χ3n) is 3.16. The van der Waals surface area contributed by atoms with Crippen LogP contribution < -0.4 is 5.32 Å². The summed E-state index contributed by atoms with van der Waals surface area (Å²) in [6.07, 6.45) is 0. The van der Waals surface area contributed by atoms with E-state index in [9.17, 15) is 10.1 Å². The summed E-state index contributed by atoms with van der Waals surface area (Å²) in [6.45, 7) is 2.31. The summed E-state index contributed by atoms with van der Waals surface area (Å²) >= 11 is 6.05. The van der Waals surface area contributed by atoms with Gasteiger partial charge in [0.25, 0.3) is 5.69 Å². The van der Waals surface area contributed by atoms with Gasteiger partial charge in [0.15, 0.2) is 0 Å². The van der Waals surface area contributed by atoms with Gasteiger partial charge in [-0.3, -0.25) is 15.0 Å². The lowest BCUT2D eigenvalue weighted by molar-refractivity contribution is -0.385. The number of hydrogen-bond acceptors (Lipinski definition) is 5. The van der Waals surface area contributed by atoms with Gasteiger partial charge in [-0.2, -0.15) is 5.26 Å². The molecule has 1 aromatic carbocycles. The first-order valence-electron chi connectivity index (χ1n) is 5.89. The molecule has 0 spiro atoms. The monoisotopic (exact) mass is 280 g/mol. The second-order valence-electron chi connectivity index (χ2n) is 4.31. The molecule has 1 heterocycles. The first-order chi connectivity index (χ1) is 9.13. The molecule has 0 aromatic heterocycles. The highest BCUT2D eigenvalue weighted by molar-refractivity contribution is 6.31. The molecule has 0 aliphatic carbocycles. The van der Waals surface area contributed by atoms with Crippen LogP contribution in [0.5, 0.6) is 0 Å². The molecule has 1 N–H and O–H groups in total. The van der Waals surface area contributed by atoms with Crippen LogP contribution in [0.15, 0.2) is 18.2 Å². The van der Waals surface area contributed by atoms with Gasteiger partial charge in [0.1, 0.15) is 6.04 Å². The van der Waals surface area contributed by atoms with Crippen molar-refractivity contribution in [2.75, 3.05) is 19.6 Å². The Hall–Kier alpha value is -1.68. The summed E-state index contributed by atoms with van der Waals surface area (Å²) in [5.41, 5.74) is 0.471. The molecular formula is C12H13ClN4O2.